The fourth-order valence-corrected chi connectivity index (χ4v) is 4.15. The zero-order chi connectivity index (χ0) is 22.7. The number of benzene rings is 2. The maximum absolute atomic E-state index is 12.7. The van der Waals surface area contributed by atoms with Gasteiger partial charge in [-0.15, -0.1) is 0 Å². The predicted molar refractivity (Wildman–Crippen MR) is 120 cm³/mol. The summed E-state index contributed by atoms with van der Waals surface area (Å²) in [6.45, 7) is 2.05. The van der Waals surface area contributed by atoms with E-state index in [0.717, 1.165) is 16.7 Å². The average molecular weight is 449 g/mol. The molecule has 0 atom stereocenters. The van der Waals surface area contributed by atoms with Crippen LogP contribution in [0.4, 0.5) is 4.79 Å². The average Bonchev–Trinajstić information content (AvgIpc) is 3.34. The molecule has 2 heterocycles. The Morgan fingerprint density at radius 3 is 2.62 bits per heavy atom. The molecule has 32 heavy (non-hydrogen) atoms. The summed E-state index contributed by atoms with van der Waals surface area (Å²) in [4.78, 5) is 37.7. The molecular formula is C24H19NO6S. The highest BCUT2D eigenvalue weighted by atomic mass is 32.2. The number of ether oxygens (including phenoxy) is 1. The van der Waals surface area contributed by atoms with Crippen LogP contribution in [0.2, 0.25) is 0 Å². The van der Waals surface area contributed by atoms with Gasteiger partial charge in [0.25, 0.3) is 11.1 Å². The number of hydrogen-bond donors (Lipinski definition) is 1. The molecular weight excluding hydrogens is 430 g/mol. The molecule has 8 heteroatoms. The van der Waals surface area contributed by atoms with Gasteiger partial charge in [0.2, 0.25) is 0 Å². The number of aromatic carboxylic acids is 1. The zero-order valence-corrected chi connectivity index (χ0v) is 17.9. The first-order valence-electron chi connectivity index (χ1n) is 9.80. The monoisotopic (exact) mass is 449 g/mol. The maximum atomic E-state index is 12.7. The van der Waals surface area contributed by atoms with E-state index >= 15 is 0 Å². The molecule has 1 aliphatic rings. The van der Waals surface area contributed by atoms with Crippen LogP contribution in [0, 0.1) is 6.92 Å². The number of thioether (sulfide) groups is 1. The van der Waals surface area contributed by atoms with Crippen LogP contribution in [-0.2, 0) is 4.79 Å². The standard InChI is InChI=1S/C24H19NO6S/c1-15-18(8-5-9-19(15)23(27)28)20-11-10-17(31-20)14-21-22(26)25(24(29)32-21)12-13-30-16-6-3-2-4-7-16/h2-11,14H,12-13H2,1H3,(H,27,28). The van der Waals surface area contributed by atoms with Crippen LogP contribution in [0.1, 0.15) is 21.7 Å². The van der Waals surface area contributed by atoms with E-state index in [-0.39, 0.29) is 28.9 Å². The van der Waals surface area contributed by atoms with Gasteiger partial charge in [0, 0.05) is 11.6 Å². The van der Waals surface area contributed by atoms with Gasteiger partial charge in [-0.1, -0.05) is 30.3 Å². The van der Waals surface area contributed by atoms with Crippen molar-refractivity contribution in [3.63, 3.8) is 0 Å². The Labute approximate surface area is 188 Å². The highest BCUT2D eigenvalue weighted by Crippen LogP contribution is 2.34. The minimum atomic E-state index is -1.01. The first kappa shape index (κ1) is 21.5. The predicted octanol–water partition coefficient (Wildman–Crippen LogP) is 5.07. The van der Waals surface area contributed by atoms with Crippen LogP contribution in [0.15, 0.2) is 70.0 Å². The van der Waals surface area contributed by atoms with Crippen molar-refractivity contribution in [1.29, 1.82) is 0 Å². The Morgan fingerprint density at radius 2 is 1.88 bits per heavy atom. The van der Waals surface area contributed by atoms with E-state index < -0.39 is 11.9 Å². The number of amides is 2. The third-order valence-electron chi connectivity index (χ3n) is 4.93. The summed E-state index contributed by atoms with van der Waals surface area (Å²) in [6, 6.07) is 17.5. The lowest BCUT2D eigenvalue weighted by Gasteiger charge is -2.13. The molecule has 0 bridgehead atoms. The molecule has 0 spiro atoms. The van der Waals surface area contributed by atoms with Gasteiger partial charge in [-0.25, -0.2) is 4.79 Å². The highest BCUT2D eigenvalue weighted by Gasteiger charge is 2.35. The van der Waals surface area contributed by atoms with E-state index in [0.29, 0.717) is 28.4 Å². The number of nitrogens with zero attached hydrogens (tertiary/aromatic N) is 1. The van der Waals surface area contributed by atoms with E-state index in [4.69, 9.17) is 9.15 Å². The van der Waals surface area contributed by atoms with Gasteiger partial charge in [0.1, 0.15) is 23.9 Å². The van der Waals surface area contributed by atoms with E-state index in [1.54, 1.807) is 43.3 Å². The van der Waals surface area contributed by atoms with Crippen molar-refractivity contribution in [3.8, 4) is 17.1 Å². The molecule has 162 valence electrons. The lowest BCUT2D eigenvalue weighted by atomic mass is 10.0. The van der Waals surface area contributed by atoms with E-state index in [2.05, 4.69) is 0 Å². The molecule has 1 aliphatic heterocycles. The molecule has 1 fully saturated rings. The molecule has 1 N–H and O–H groups in total. The number of carbonyl (C=O) groups is 3. The molecule has 1 saturated heterocycles. The van der Waals surface area contributed by atoms with Crippen LogP contribution >= 0.6 is 11.8 Å². The van der Waals surface area contributed by atoms with Crippen molar-refractivity contribution >= 4 is 35.0 Å². The third-order valence-corrected chi connectivity index (χ3v) is 5.84. The van der Waals surface area contributed by atoms with Crippen molar-refractivity contribution in [2.24, 2.45) is 0 Å². The number of para-hydroxylation sites is 1. The molecule has 7 nitrogen and oxygen atoms in total. The lowest BCUT2D eigenvalue weighted by molar-refractivity contribution is -0.123. The molecule has 4 rings (SSSR count). The van der Waals surface area contributed by atoms with Gasteiger partial charge in [-0.3, -0.25) is 14.5 Å². The fraction of sp³-hybridized carbons (Fsp3) is 0.125. The van der Waals surface area contributed by atoms with Crippen LogP contribution in [-0.4, -0.2) is 40.3 Å². The second kappa shape index (κ2) is 9.15. The van der Waals surface area contributed by atoms with Crippen molar-refractivity contribution in [2.45, 2.75) is 6.92 Å². The van der Waals surface area contributed by atoms with Crippen LogP contribution in [0.5, 0.6) is 5.75 Å². The van der Waals surface area contributed by atoms with Gasteiger partial charge >= 0.3 is 5.97 Å². The number of carbonyl (C=O) groups excluding carboxylic acids is 2. The second-order valence-electron chi connectivity index (χ2n) is 6.98. The topological polar surface area (TPSA) is 97.0 Å². The Hall–Kier alpha value is -3.78. The lowest BCUT2D eigenvalue weighted by Crippen LogP contribution is -2.32. The summed E-state index contributed by atoms with van der Waals surface area (Å²) in [5, 5.41) is 8.95. The largest absolute Gasteiger partial charge is 0.492 e. The summed E-state index contributed by atoms with van der Waals surface area (Å²) < 4.78 is 11.4. The van der Waals surface area contributed by atoms with Gasteiger partial charge < -0.3 is 14.3 Å². The molecule has 2 aromatic carbocycles. The normalized spacial score (nSPS) is 14.9. The van der Waals surface area contributed by atoms with Crippen molar-refractivity contribution in [2.75, 3.05) is 13.2 Å². The summed E-state index contributed by atoms with van der Waals surface area (Å²) in [7, 11) is 0. The molecule has 0 radical (unpaired) electrons. The van der Waals surface area contributed by atoms with E-state index in [9.17, 15) is 19.5 Å². The smallest absolute Gasteiger partial charge is 0.335 e. The molecule has 1 aromatic heterocycles. The van der Waals surface area contributed by atoms with Crippen molar-refractivity contribution < 1.29 is 28.6 Å². The molecule has 2 amide bonds. The fourth-order valence-electron chi connectivity index (χ4n) is 3.30. The minimum absolute atomic E-state index is 0.140. The Bertz CT molecular complexity index is 1210. The molecule has 0 aliphatic carbocycles. The highest BCUT2D eigenvalue weighted by molar-refractivity contribution is 8.18. The Morgan fingerprint density at radius 1 is 1.09 bits per heavy atom. The summed E-state index contributed by atoms with van der Waals surface area (Å²) in [5.41, 5.74) is 1.43. The number of furan rings is 1. The van der Waals surface area contributed by atoms with Gasteiger partial charge in [-0.05, 0) is 54.6 Å². The summed E-state index contributed by atoms with van der Waals surface area (Å²) in [6.07, 6.45) is 1.52. The zero-order valence-electron chi connectivity index (χ0n) is 17.1. The van der Waals surface area contributed by atoms with Crippen LogP contribution in [0.3, 0.4) is 0 Å². The maximum Gasteiger partial charge on any atom is 0.335 e. The SMILES string of the molecule is Cc1c(C(=O)O)cccc1-c1ccc(C=C2SC(=O)N(CCOc3ccccc3)C2=O)o1. The Balaban J connectivity index is 1.46. The number of hydrogen-bond acceptors (Lipinski definition) is 6. The summed E-state index contributed by atoms with van der Waals surface area (Å²) in [5.74, 6) is 0.124. The summed E-state index contributed by atoms with van der Waals surface area (Å²) >= 11 is 0.843. The first-order valence-corrected chi connectivity index (χ1v) is 10.6. The van der Waals surface area contributed by atoms with Crippen LogP contribution < -0.4 is 4.74 Å². The Kier molecular flexibility index (Phi) is 6.13. The van der Waals surface area contributed by atoms with Gasteiger partial charge in [-0.2, -0.15) is 0 Å². The second-order valence-corrected chi connectivity index (χ2v) is 7.97. The van der Waals surface area contributed by atoms with Gasteiger partial charge in [0.15, 0.2) is 0 Å². The number of imide groups is 1. The van der Waals surface area contributed by atoms with Gasteiger partial charge in [0.05, 0.1) is 17.0 Å². The molecule has 3 aromatic rings. The molecule has 0 unspecified atom stereocenters. The number of rotatable bonds is 7. The first-order chi connectivity index (χ1) is 15.4. The minimum Gasteiger partial charge on any atom is -0.492 e. The molecule has 0 saturated carbocycles. The number of carboxylic acids is 1. The number of carboxylic acid groups (broad SMARTS) is 1. The quantitative estimate of drug-likeness (QED) is 0.503. The van der Waals surface area contributed by atoms with Crippen molar-refractivity contribution in [3.05, 3.63) is 82.5 Å². The third kappa shape index (κ3) is 4.45. The van der Waals surface area contributed by atoms with Crippen LogP contribution in [0.25, 0.3) is 17.4 Å². The van der Waals surface area contributed by atoms with Crippen molar-refractivity contribution in [1.82, 2.24) is 4.90 Å². The van der Waals surface area contributed by atoms with E-state index in [1.807, 2.05) is 18.2 Å². The van der Waals surface area contributed by atoms with E-state index in [1.165, 1.54) is 12.1 Å².